The molecule has 0 saturated carbocycles. The van der Waals surface area contributed by atoms with Gasteiger partial charge in [0.25, 0.3) is 0 Å². The van der Waals surface area contributed by atoms with Gasteiger partial charge in [-0.1, -0.05) is 12.1 Å². The summed E-state index contributed by atoms with van der Waals surface area (Å²) in [5.41, 5.74) is 0.960. The van der Waals surface area contributed by atoms with Crippen LogP contribution in [0.1, 0.15) is 17.2 Å². The van der Waals surface area contributed by atoms with Crippen molar-refractivity contribution < 1.29 is 23.4 Å². The van der Waals surface area contributed by atoms with Gasteiger partial charge in [-0.05, 0) is 29.8 Å². The Morgan fingerprint density at radius 3 is 2.14 bits per heavy atom. The smallest absolute Gasteiger partial charge is 0.159 e. The minimum absolute atomic E-state index is 0.119. The summed E-state index contributed by atoms with van der Waals surface area (Å²) in [5.74, 6) is -0.899. The summed E-state index contributed by atoms with van der Waals surface area (Å²) >= 11 is 0. The summed E-state index contributed by atoms with van der Waals surface area (Å²) in [4.78, 5) is 0. The van der Waals surface area contributed by atoms with Crippen molar-refractivity contribution in [2.75, 3.05) is 14.2 Å². The molecule has 3 nitrogen and oxygen atoms in total. The quantitative estimate of drug-likeness (QED) is 0.920. The molecule has 0 aliphatic rings. The maximum Gasteiger partial charge on any atom is 0.159 e. The van der Waals surface area contributed by atoms with Gasteiger partial charge in [0.05, 0.1) is 25.9 Å². The van der Waals surface area contributed by atoms with E-state index in [0.29, 0.717) is 22.6 Å². The predicted molar refractivity (Wildman–Crippen MR) is 74.6 cm³/mol. The van der Waals surface area contributed by atoms with Crippen molar-refractivity contribution >= 4 is 0 Å². The Bertz CT molecular complexity index is 607. The minimum Gasteiger partial charge on any atom is -0.496 e. The molecule has 5 heteroatoms. The number of ether oxygens (including phenoxy) is 2. The molecule has 0 saturated heterocycles. The van der Waals surface area contributed by atoms with E-state index < -0.39 is 17.7 Å². The number of aliphatic hydroxyl groups excluding tert-OH is 1. The van der Waals surface area contributed by atoms with Crippen LogP contribution in [0.2, 0.25) is 0 Å². The molecule has 0 bridgehead atoms. The Morgan fingerprint density at radius 2 is 1.62 bits per heavy atom. The van der Waals surface area contributed by atoms with Crippen molar-refractivity contribution in [3.63, 3.8) is 0 Å². The van der Waals surface area contributed by atoms with Crippen molar-refractivity contribution in [3.05, 3.63) is 59.2 Å². The molecule has 0 heterocycles. The van der Waals surface area contributed by atoms with Crippen LogP contribution in [0, 0.1) is 11.6 Å². The number of hydrogen-bond donors (Lipinski definition) is 1. The molecule has 0 fully saturated rings. The zero-order chi connectivity index (χ0) is 15.4. The molecule has 1 N–H and O–H groups in total. The molecule has 2 aromatic rings. The van der Waals surface area contributed by atoms with Crippen LogP contribution >= 0.6 is 0 Å². The van der Waals surface area contributed by atoms with E-state index in [9.17, 15) is 13.9 Å². The van der Waals surface area contributed by atoms with Crippen LogP contribution in [0.3, 0.4) is 0 Å². The van der Waals surface area contributed by atoms with E-state index in [2.05, 4.69) is 0 Å². The van der Waals surface area contributed by atoms with Gasteiger partial charge in [-0.25, -0.2) is 8.78 Å². The fraction of sp³-hybridized carbons (Fsp3) is 0.250. The third-order valence-corrected chi connectivity index (χ3v) is 3.21. The molecular weight excluding hydrogens is 278 g/mol. The van der Waals surface area contributed by atoms with E-state index in [0.717, 1.165) is 12.1 Å². The molecule has 0 aliphatic carbocycles. The highest BCUT2D eigenvalue weighted by Gasteiger charge is 2.19. The van der Waals surface area contributed by atoms with Crippen molar-refractivity contribution in [2.45, 2.75) is 12.5 Å². The highest BCUT2D eigenvalue weighted by Crippen LogP contribution is 2.35. The lowest BCUT2D eigenvalue weighted by Crippen LogP contribution is -2.07. The monoisotopic (exact) mass is 294 g/mol. The Kier molecular flexibility index (Phi) is 4.75. The summed E-state index contributed by atoms with van der Waals surface area (Å²) < 4.78 is 36.6. The predicted octanol–water partition coefficient (Wildman–Crippen LogP) is 3.26. The van der Waals surface area contributed by atoms with Crippen LogP contribution in [0.5, 0.6) is 11.5 Å². The second-order valence-corrected chi connectivity index (χ2v) is 4.54. The van der Waals surface area contributed by atoms with E-state index in [4.69, 9.17) is 9.47 Å². The fourth-order valence-corrected chi connectivity index (χ4v) is 2.20. The molecule has 112 valence electrons. The van der Waals surface area contributed by atoms with Gasteiger partial charge < -0.3 is 14.6 Å². The third kappa shape index (κ3) is 3.31. The topological polar surface area (TPSA) is 38.7 Å². The largest absolute Gasteiger partial charge is 0.496 e. The third-order valence-electron chi connectivity index (χ3n) is 3.21. The Hall–Kier alpha value is -2.14. The van der Waals surface area contributed by atoms with Gasteiger partial charge in [-0.2, -0.15) is 0 Å². The molecule has 0 aromatic heterocycles. The second kappa shape index (κ2) is 6.54. The van der Waals surface area contributed by atoms with Crippen molar-refractivity contribution in [1.82, 2.24) is 0 Å². The van der Waals surface area contributed by atoms with E-state index in [1.807, 2.05) is 0 Å². The maximum absolute atomic E-state index is 13.2. The fourth-order valence-electron chi connectivity index (χ4n) is 2.20. The van der Waals surface area contributed by atoms with Gasteiger partial charge in [0.2, 0.25) is 0 Å². The molecule has 0 radical (unpaired) electrons. The Morgan fingerprint density at radius 1 is 1.00 bits per heavy atom. The first-order valence-corrected chi connectivity index (χ1v) is 6.39. The van der Waals surface area contributed by atoms with E-state index in [1.165, 1.54) is 20.3 Å². The summed E-state index contributed by atoms with van der Waals surface area (Å²) in [6, 6.07) is 8.69. The van der Waals surface area contributed by atoms with Gasteiger partial charge in [0.15, 0.2) is 11.6 Å². The zero-order valence-corrected chi connectivity index (χ0v) is 11.8. The summed E-state index contributed by atoms with van der Waals surface area (Å²) in [6.45, 7) is 0. The number of hydrogen-bond acceptors (Lipinski definition) is 3. The summed E-state index contributed by atoms with van der Waals surface area (Å²) in [5, 5.41) is 10.4. The maximum atomic E-state index is 13.2. The molecule has 21 heavy (non-hydrogen) atoms. The van der Waals surface area contributed by atoms with Gasteiger partial charge in [0.1, 0.15) is 11.5 Å². The van der Waals surface area contributed by atoms with Crippen LogP contribution in [0.25, 0.3) is 0 Å². The van der Waals surface area contributed by atoms with Gasteiger partial charge in [-0.15, -0.1) is 0 Å². The summed E-state index contributed by atoms with van der Waals surface area (Å²) in [6.07, 6.45) is -0.838. The number of methoxy groups -OCH3 is 2. The Balaban J connectivity index is 2.31. The highest BCUT2D eigenvalue weighted by atomic mass is 19.2. The van der Waals surface area contributed by atoms with Crippen molar-refractivity contribution in [2.24, 2.45) is 0 Å². The van der Waals surface area contributed by atoms with Crippen LogP contribution in [0.15, 0.2) is 36.4 Å². The normalized spacial score (nSPS) is 12.0. The average molecular weight is 294 g/mol. The molecule has 1 unspecified atom stereocenters. The van der Waals surface area contributed by atoms with Crippen LogP contribution in [-0.4, -0.2) is 19.3 Å². The molecule has 0 amide bonds. The molecular formula is C16H16F2O3. The van der Waals surface area contributed by atoms with Gasteiger partial charge in [0, 0.05) is 6.42 Å². The molecule has 0 spiro atoms. The minimum atomic E-state index is -0.957. The second-order valence-electron chi connectivity index (χ2n) is 4.54. The van der Waals surface area contributed by atoms with Crippen LogP contribution in [-0.2, 0) is 6.42 Å². The average Bonchev–Trinajstić information content (AvgIpc) is 2.49. The molecule has 2 rings (SSSR count). The van der Waals surface area contributed by atoms with Crippen molar-refractivity contribution in [1.29, 1.82) is 0 Å². The first-order chi connectivity index (χ1) is 10.1. The zero-order valence-electron chi connectivity index (χ0n) is 11.8. The van der Waals surface area contributed by atoms with E-state index in [1.54, 1.807) is 18.2 Å². The number of rotatable bonds is 5. The summed E-state index contributed by atoms with van der Waals surface area (Å²) in [7, 11) is 2.98. The number of halogens is 2. The molecule has 2 aromatic carbocycles. The van der Waals surface area contributed by atoms with Crippen LogP contribution < -0.4 is 9.47 Å². The van der Waals surface area contributed by atoms with Crippen molar-refractivity contribution in [3.8, 4) is 11.5 Å². The highest BCUT2D eigenvalue weighted by molar-refractivity contribution is 5.46. The van der Waals surface area contributed by atoms with Crippen LogP contribution in [0.4, 0.5) is 8.78 Å². The lowest BCUT2D eigenvalue weighted by atomic mass is 9.99. The number of aliphatic hydroxyl groups is 1. The van der Waals surface area contributed by atoms with E-state index in [-0.39, 0.29) is 6.42 Å². The number of benzene rings is 2. The van der Waals surface area contributed by atoms with E-state index >= 15 is 0 Å². The first-order valence-electron chi connectivity index (χ1n) is 6.39. The van der Waals surface area contributed by atoms with Gasteiger partial charge in [-0.3, -0.25) is 0 Å². The standard InChI is InChI=1S/C16H16F2O3/c1-20-14-4-3-5-15(21-2)16(14)13(19)9-10-6-7-11(17)12(18)8-10/h3-8,13,19H,9H2,1-2H3. The molecule has 1 atom stereocenters. The lowest BCUT2D eigenvalue weighted by Gasteiger charge is -2.18. The first kappa shape index (κ1) is 15.3. The Labute approximate surface area is 121 Å². The molecule has 0 aliphatic heterocycles. The van der Waals surface area contributed by atoms with Gasteiger partial charge >= 0.3 is 0 Å². The lowest BCUT2D eigenvalue weighted by molar-refractivity contribution is 0.169. The SMILES string of the molecule is COc1cccc(OC)c1C(O)Cc1ccc(F)c(F)c1.